The van der Waals surface area contributed by atoms with Crippen LogP contribution in [0.15, 0.2) is 12.7 Å². The van der Waals surface area contributed by atoms with E-state index < -0.39 is 82.1 Å². The van der Waals surface area contributed by atoms with Crippen molar-refractivity contribution in [3.8, 4) is 0 Å². The number of unbranched alkanes of at least 4 members (excludes halogenated alkanes) is 1. The molecule has 0 saturated carbocycles. The van der Waals surface area contributed by atoms with Gasteiger partial charge in [-0.1, -0.05) is 0 Å². The number of nitrogens with one attached hydrogen (secondary N) is 3. The normalized spacial score (nSPS) is 27.6. The third kappa shape index (κ3) is 12.2. The number of aromatic nitrogens is 4. The SMILES string of the molecule is CNc1ncnc2c1ncn2C1O[C@H](COP(=O)(O)O)[C@@H](O)[C@H]1OCOCCOCCNC(=O)CCCCOC1O[C@@H](CO)[C@@H](O)C(O)[C@@H]1NC(C)=O. The van der Waals surface area contributed by atoms with E-state index in [4.69, 9.17) is 38.2 Å². The van der Waals surface area contributed by atoms with E-state index >= 15 is 0 Å². The molecule has 9 N–H and O–H groups in total. The van der Waals surface area contributed by atoms with E-state index in [1.165, 1.54) is 24.1 Å². The first-order chi connectivity index (χ1) is 25.3. The molecule has 0 aliphatic carbocycles. The third-order valence-corrected chi connectivity index (χ3v) is 8.69. The zero-order chi connectivity index (χ0) is 38.5. The molecule has 0 spiro atoms. The van der Waals surface area contributed by atoms with Gasteiger partial charge in [-0.15, -0.1) is 0 Å². The summed E-state index contributed by atoms with van der Waals surface area (Å²) in [4.78, 5) is 54.6. The molecule has 2 aliphatic rings. The van der Waals surface area contributed by atoms with Crippen LogP contribution in [0.25, 0.3) is 11.2 Å². The minimum Gasteiger partial charge on any atom is -0.394 e. The molecule has 2 amide bonds. The molecule has 300 valence electrons. The molecular weight excluding hydrogens is 733 g/mol. The number of rotatable bonds is 22. The van der Waals surface area contributed by atoms with Gasteiger partial charge in [0.15, 0.2) is 24.0 Å². The van der Waals surface area contributed by atoms with Crippen LogP contribution in [0.5, 0.6) is 0 Å². The number of hydrogen-bond acceptors (Lipinski definition) is 18. The molecule has 3 unspecified atom stereocenters. The summed E-state index contributed by atoms with van der Waals surface area (Å²) in [5.41, 5.74) is 0.773. The van der Waals surface area contributed by atoms with E-state index in [-0.39, 0.29) is 52.1 Å². The summed E-state index contributed by atoms with van der Waals surface area (Å²) in [6, 6.07) is -1.04. The van der Waals surface area contributed by atoms with Gasteiger partial charge in [0, 0.05) is 33.5 Å². The van der Waals surface area contributed by atoms with E-state index in [1.807, 2.05) is 0 Å². The van der Waals surface area contributed by atoms with E-state index in [0.717, 1.165) is 0 Å². The molecule has 0 aromatic carbocycles. The molecule has 23 nitrogen and oxygen atoms in total. The zero-order valence-electron chi connectivity index (χ0n) is 29.1. The molecule has 2 fully saturated rings. The topological polar surface area (TPSA) is 317 Å². The second kappa shape index (κ2) is 20.6. The van der Waals surface area contributed by atoms with Crippen LogP contribution in [0, 0.1) is 0 Å². The second-order valence-electron chi connectivity index (χ2n) is 12.0. The molecule has 2 aromatic rings. The monoisotopic (exact) mass is 781 g/mol. The number of carbonyl (C=O) groups is 2. The number of phosphoric acid groups is 1. The fourth-order valence-corrected chi connectivity index (χ4v) is 5.95. The Hall–Kier alpha value is -3.00. The number of phosphoric ester groups is 1. The number of imidazole rings is 1. The fourth-order valence-electron chi connectivity index (χ4n) is 5.61. The Kier molecular flexibility index (Phi) is 16.6. The van der Waals surface area contributed by atoms with Gasteiger partial charge in [0.1, 0.15) is 61.3 Å². The molecule has 53 heavy (non-hydrogen) atoms. The fraction of sp³-hybridized carbons (Fsp3) is 0.759. The number of hydrogen-bond donors (Lipinski definition) is 9. The Labute approximate surface area is 303 Å². The standard InChI is InChI=1S/C29H48N7O16P/c1-16(38)35-20-24(42)22(40)17(11-37)52-29(20)48-7-4-3-5-19(39)31-6-8-46-9-10-47-15-49-25-23(41)18(12-50-53(43,44)45)51-28(25)36-14-34-21-26(30-2)32-13-33-27(21)36/h13-14,17-18,20,22-25,28-29,37,40-42H,3-12,15H2,1-2H3,(H,31,39)(H,35,38)(H,30,32,33)(H2,43,44,45)/t17-,18+,20-,22+,23+,24?,25+,28?,29?/m0/s1. The van der Waals surface area contributed by atoms with Crippen molar-refractivity contribution in [2.45, 2.75) is 81.4 Å². The Morgan fingerprint density at radius 3 is 2.45 bits per heavy atom. The van der Waals surface area contributed by atoms with Crippen molar-refractivity contribution in [3.05, 3.63) is 12.7 Å². The van der Waals surface area contributed by atoms with Gasteiger partial charge in [0.2, 0.25) is 11.8 Å². The Morgan fingerprint density at radius 2 is 1.74 bits per heavy atom. The molecule has 2 aliphatic heterocycles. The van der Waals surface area contributed by atoms with Crippen molar-refractivity contribution in [1.29, 1.82) is 0 Å². The average Bonchev–Trinajstić information content (AvgIpc) is 3.69. The summed E-state index contributed by atoms with van der Waals surface area (Å²) in [6.45, 7) is 0.605. The number of ether oxygens (including phenoxy) is 6. The Bertz CT molecular complexity index is 1500. The van der Waals surface area contributed by atoms with Crippen LogP contribution in [0.3, 0.4) is 0 Å². The lowest BCUT2D eigenvalue weighted by atomic mass is 9.97. The van der Waals surface area contributed by atoms with Crippen molar-refractivity contribution in [1.82, 2.24) is 30.2 Å². The number of anilines is 1. The molecule has 2 saturated heterocycles. The van der Waals surface area contributed by atoms with Crippen molar-refractivity contribution >= 4 is 36.6 Å². The third-order valence-electron chi connectivity index (χ3n) is 8.20. The van der Waals surface area contributed by atoms with Crippen molar-refractivity contribution in [3.63, 3.8) is 0 Å². The highest BCUT2D eigenvalue weighted by molar-refractivity contribution is 7.46. The molecule has 0 radical (unpaired) electrons. The lowest BCUT2D eigenvalue weighted by Crippen LogP contribution is -2.64. The van der Waals surface area contributed by atoms with Crippen LogP contribution >= 0.6 is 7.82 Å². The van der Waals surface area contributed by atoms with Gasteiger partial charge in [0.25, 0.3) is 0 Å². The lowest BCUT2D eigenvalue weighted by molar-refractivity contribution is -0.270. The van der Waals surface area contributed by atoms with Gasteiger partial charge < -0.3 is 74.6 Å². The highest BCUT2D eigenvalue weighted by Crippen LogP contribution is 2.39. The number of nitrogens with zero attached hydrogens (tertiary/aromatic N) is 4. The summed E-state index contributed by atoms with van der Waals surface area (Å²) in [6.07, 6.45) is -5.79. The van der Waals surface area contributed by atoms with Gasteiger partial charge in [0.05, 0.1) is 39.4 Å². The minimum absolute atomic E-state index is 0.0995. The maximum absolute atomic E-state index is 12.2. The summed E-state index contributed by atoms with van der Waals surface area (Å²) in [5, 5.41) is 48.8. The molecule has 0 bridgehead atoms. The summed E-state index contributed by atoms with van der Waals surface area (Å²) >= 11 is 0. The summed E-state index contributed by atoms with van der Waals surface area (Å²) in [5.74, 6) is -0.220. The number of amides is 2. The highest BCUT2D eigenvalue weighted by atomic mass is 31.2. The summed E-state index contributed by atoms with van der Waals surface area (Å²) < 4.78 is 51.0. The van der Waals surface area contributed by atoms with Crippen molar-refractivity contribution in [2.75, 3.05) is 65.3 Å². The van der Waals surface area contributed by atoms with Crippen molar-refractivity contribution in [2.24, 2.45) is 0 Å². The Balaban J connectivity index is 1.11. The molecule has 4 heterocycles. The first-order valence-electron chi connectivity index (χ1n) is 16.8. The van der Waals surface area contributed by atoms with Gasteiger partial charge in [-0.25, -0.2) is 19.5 Å². The number of aliphatic hydroxyl groups is 4. The van der Waals surface area contributed by atoms with Crippen molar-refractivity contribution < 1.29 is 77.3 Å². The number of aliphatic hydroxyl groups excluding tert-OH is 4. The smallest absolute Gasteiger partial charge is 0.394 e. The minimum atomic E-state index is -4.84. The molecular formula is C29H48N7O16P. The largest absolute Gasteiger partial charge is 0.469 e. The van der Waals surface area contributed by atoms with Crippen LogP contribution in [0.1, 0.15) is 32.4 Å². The molecule has 9 atom stereocenters. The van der Waals surface area contributed by atoms with Gasteiger partial charge in [-0.2, -0.15) is 0 Å². The van der Waals surface area contributed by atoms with Crippen LogP contribution in [0.2, 0.25) is 0 Å². The van der Waals surface area contributed by atoms with Gasteiger partial charge in [-0.3, -0.25) is 18.7 Å². The van der Waals surface area contributed by atoms with Crippen LogP contribution in [-0.2, 0) is 47.1 Å². The maximum Gasteiger partial charge on any atom is 0.469 e. The maximum atomic E-state index is 12.2. The van der Waals surface area contributed by atoms with E-state index in [2.05, 4.69) is 35.4 Å². The number of fused-ring (bicyclic) bond motifs is 1. The van der Waals surface area contributed by atoms with Gasteiger partial charge >= 0.3 is 7.82 Å². The van der Waals surface area contributed by atoms with E-state index in [9.17, 15) is 34.6 Å². The Morgan fingerprint density at radius 1 is 0.962 bits per heavy atom. The predicted molar refractivity (Wildman–Crippen MR) is 177 cm³/mol. The van der Waals surface area contributed by atoms with E-state index in [0.29, 0.717) is 29.8 Å². The molecule has 2 aromatic heterocycles. The average molecular weight is 782 g/mol. The first-order valence-corrected chi connectivity index (χ1v) is 18.3. The summed E-state index contributed by atoms with van der Waals surface area (Å²) in [7, 11) is -3.18. The highest BCUT2D eigenvalue weighted by Gasteiger charge is 2.47. The quantitative estimate of drug-likeness (QED) is 0.0324. The zero-order valence-corrected chi connectivity index (χ0v) is 30.0. The van der Waals surface area contributed by atoms with Crippen LogP contribution in [-0.4, -0.2) is 171 Å². The van der Waals surface area contributed by atoms with E-state index in [1.54, 1.807) is 7.05 Å². The second-order valence-corrected chi connectivity index (χ2v) is 13.3. The first kappa shape index (κ1) is 42.7. The number of carbonyl (C=O) groups excluding carboxylic acids is 2. The van der Waals surface area contributed by atoms with Crippen LogP contribution < -0.4 is 16.0 Å². The van der Waals surface area contributed by atoms with Gasteiger partial charge in [-0.05, 0) is 12.8 Å². The van der Waals surface area contributed by atoms with Crippen LogP contribution in [0.4, 0.5) is 5.82 Å². The predicted octanol–water partition coefficient (Wildman–Crippen LogP) is -3.14. The molecule has 4 rings (SSSR count). The molecule has 24 heteroatoms. The lowest BCUT2D eigenvalue weighted by Gasteiger charge is -2.42.